The van der Waals surface area contributed by atoms with E-state index < -0.39 is 21.7 Å². The first-order valence-corrected chi connectivity index (χ1v) is 9.77. The predicted molar refractivity (Wildman–Crippen MR) is 102 cm³/mol. The number of hydrogen-bond donors (Lipinski definition) is 2. The van der Waals surface area contributed by atoms with E-state index in [0.717, 1.165) is 11.1 Å². The molecule has 0 atom stereocenters. The number of benzene rings is 2. The number of hydrazone groups is 1. The molecular weight excluding hydrogens is 387 g/mol. The molecule has 146 valence electrons. The third-order valence-electron chi connectivity index (χ3n) is 3.97. The van der Waals surface area contributed by atoms with Gasteiger partial charge in [0.15, 0.2) is 0 Å². The molecule has 1 heterocycles. The normalized spacial score (nSPS) is 14.4. The Balaban J connectivity index is 1.70. The van der Waals surface area contributed by atoms with Crippen molar-refractivity contribution in [1.82, 2.24) is 5.01 Å². The van der Waals surface area contributed by atoms with Crippen LogP contribution in [0.2, 0.25) is 0 Å². The molecule has 0 bridgehead atoms. The lowest BCUT2D eigenvalue weighted by molar-refractivity contribution is -0.130. The summed E-state index contributed by atoms with van der Waals surface area (Å²) in [6.07, 6.45) is 0.435. The van der Waals surface area contributed by atoms with Crippen molar-refractivity contribution in [3.63, 3.8) is 0 Å². The van der Waals surface area contributed by atoms with Crippen LogP contribution in [0.5, 0.6) is 0 Å². The molecule has 0 saturated carbocycles. The van der Waals surface area contributed by atoms with Gasteiger partial charge in [-0.2, -0.15) is 5.10 Å². The van der Waals surface area contributed by atoms with Gasteiger partial charge in [0.25, 0.3) is 15.9 Å². The number of carbonyl (C=O) groups is 2. The first-order valence-electron chi connectivity index (χ1n) is 8.28. The molecule has 2 N–H and O–H groups in total. The van der Waals surface area contributed by atoms with Crippen molar-refractivity contribution in [2.24, 2.45) is 5.10 Å². The quantitative estimate of drug-likeness (QED) is 0.796. The maximum atomic E-state index is 13.2. The fourth-order valence-corrected chi connectivity index (χ4v) is 3.57. The molecule has 2 aromatic carbocycles. The summed E-state index contributed by atoms with van der Waals surface area (Å²) in [6, 6.07) is 10.6. The van der Waals surface area contributed by atoms with E-state index in [1.54, 1.807) is 0 Å². The lowest BCUT2D eigenvalue weighted by Crippen LogP contribution is -2.34. The van der Waals surface area contributed by atoms with E-state index in [4.69, 9.17) is 0 Å². The number of rotatable bonds is 5. The number of hydrogen-bond acceptors (Lipinski definition) is 5. The Bertz CT molecular complexity index is 1050. The highest BCUT2D eigenvalue weighted by Gasteiger charge is 2.22. The number of nitrogens with zero attached hydrogens (tertiary/aromatic N) is 2. The van der Waals surface area contributed by atoms with E-state index >= 15 is 0 Å². The summed E-state index contributed by atoms with van der Waals surface area (Å²) in [5, 5.41) is 7.65. The molecule has 28 heavy (non-hydrogen) atoms. The van der Waals surface area contributed by atoms with Crippen LogP contribution in [-0.2, 0) is 19.6 Å². The van der Waals surface area contributed by atoms with Crippen molar-refractivity contribution in [3.8, 4) is 0 Å². The monoisotopic (exact) mass is 404 g/mol. The minimum absolute atomic E-state index is 0.0462. The summed E-state index contributed by atoms with van der Waals surface area (Å²) >= 11 is 0. The zero-order chi connectivity index (χ0) is 20.3. The summed E-state index contributed by atoms with van der Waals surface area (Å²) in [7, 11) is -2.43. The molecule has 0 radical (unpaired) electrons. The lowest BCUT2D eigenvalue weighted by atomic mass is 10.1. The molecule has 0 aliphatic carbocycles. The van der Waals surface area contributed by atoms with Gasteiger partial charge in [0, 0.05) is 25.6 Å². The third-order valence-corrected chi connectivity index (χ3v) is 5.37. The second-order valence-corrected chi connectivity index (χ2v) is 7.74. The molecule has 8 nitrogen and oxygen atoms in total. The Morgan fingerprint density at radius 1 is 1.11 bits per heavy atom. The lowest BCUT2D eigenvalue weighted by Gasteiger charge is -2.18. The van der Waals surface area contributed by atoms with Gasteiger partial charge in [0.1, 0.15) is 11.5 Å². The van der Waals surface area contributed by atoms with Crippen LogP contribution in [-0.4, -0.2) is 38.0 Å². The Kier molecular flexibility index (Phi) is 5.41. The SMILES string of the molecule is CN1N=C(C(=O)Nc2ccc(S(=O)(=O)Nc3cccc(F)c3)cc2)CCC1=O. The molecule has 10 heteroatoms. The Morgan fingerprint density at radius 2 is 1.82 bits per heavy atom. The largest absolute Gasteiger partial charge is 0.321 e. The van der Waals surface area contributed by atoms with Crippen LogP contribution in [0.1, 0.15) is 12.8 Å². The molecule has 1 aliphatic heterocycles. The maximum Gasteiger partial charge on any atom is 0.271 e. The Morgan fingerprint density at radius 3 is 2.46 bits per heavy atom. The minimum Gasteiger partial charge on any atom is -0.321 e. The van der Waals surface area contributed by atoms with Crippen LogP contribution < -0.4 is 10.0 Å². The van der Waals surface area contributed by atoms with Crippen LogP contribution >= 0.6 is 0 Å². The topological polar surface area (TPSA) is 108 Å². The third kappa shape index (κ3) is 4.52. The number of halogens is 1. The number of amides is 2. The first kappa shape index (κ1) is 19.5. The summed E-state index contributed by atoms with van der Waals surface area (Å²) in [6.45, 7) is 0. The minimum atomic E-state index is -3.91. The van der Waals surface area contributed by atoms with E-state index in [-0.39, 0.29) is 35.0 Å². The highest BCUT2D eigenvalue weighted by Crippen LogP contribution is 2.19. The van der Waals surface area contributed by atoms with E-state index in [0.29, 0.717) is 5.69 Å². The van der Waals surface area contributed by atoms with Crippen molar-refractivity contribution < 1.29 is 22.4 Å². The first-order chi connectivity index (χ1) is 13.2. The van der Waals surface area contributed by atoms with E-state index in [9.17, 15) is 22.4 Å². The summed E-state index contributed by atoms with van der Waals surface area (Å²) < 4.78 is 40.3. The molecule has 3 rings (SSSR count). The highest BCUT2D eigenvalue weighted by molar-refractivity contribution is 7.92. The van der Waals surface area contributed by atoms with Gasteiger partial charge in [-0.25, -0.2) is 17.8 Å². The summed E-state index contributed by atoms with van der Waals surface area (Å²) in [5.41, 5.74) is 0.690. The Labute approximate surface area is 161 Å². The van der Waals surface area contributed by atoms with Crippen LogP contribution in [0.15, 0.2) is 58.5 Å². The van der Waals surface area contributed by atoms with Gasteiger partial charge in [0.2, 0.25) is 5.91 Å². The fourth-order valence-electron chi connectivity index (χ4n) is 2.52. The number of anilines is 2. The summed E-state index contributed by atoms with van der Waals surface area (Å²) in [5.74, 6) is -1.19. The Hall–Kier alpha value is -3.27. The predicted octanol–water partition coefficient (Wildman–Crippen LogP) is 2.17. The zero-order valence-electron chi connectivity index (χ0n) is 14.8. The maximum absolute atomic E-state index is 13.2. The van der Waals surface area contributed by atoms with Crippen LogP contribution in [0.4, 0.5) is 15.8 Å². The van der Waals surface area contributed by atoms with Crippen molar-refractivity contribution in [2.45, 2.75) is 17.7 Å². The second-order valence-electron chi connectivity index (χ2n) is 6.06. The molecule has 0 saturated heterocycles. The molecule has 0 unspecified atom stereocenters. The molecule has 0 spiro atoms. The molecule has 1 aliphatic rings. The smallest absolute Gasteiger partial charge is 0.271 e. The van der Waals surface area contributed by atoms with Gasteiger partial charge < -0.3 is 5.32 Å². The van der Waals surface area contributed by atoms with Crippen molar-refractivity contribution in [3.05, 3.63) is 54.3 Å². The summed E-state index contributed by atoms with van der Waals surface area (Å²) in [4.78, 5) is 23.6. The standard InChI is InChI=1S/C18H17FN4O4S/c1-23-17(24)10-9-16(21-23)18(25)20-13-5-7-15(8-6-13)28(26,27)22-14-4-2-3-12(19)11-14/h2-8,11,22H,9-10H2,1H3,(H,20,25). The highest BCUT2D eigenvalue weighted by atomic mass is 32.2. The molecular formula is C18H17FN4O4S. The van der Waals surface area contributed by atoms with E-state index in [2.05, 4.69) is 15.1 Å². The van der Waals surface area contributed by atoms with E-state index in [1.807, 2.05) is 0 Å². The zero-order valence-corrected chi connectivity index (χ0v) is 15.7. The van der Waals surface area contributed by atoms with Gasteiger partial charge in [0.05, 0.1) is 10.6 Å². The molecule has 0 fully saturated rings. The van der Waals surface area contributed by atoms with E-state index in [1.165, 1.54) is 49.5 Å². The van der Waals surface area contributed by atoms with Gasteiger partial charge >= 0.3 is 0 Å². The van der Waals surface area contributed by atoms with Crippen molar-refractivity contribution in [1.29, 1.82) is 0 Å². The van der Waals surface area contributed by atoms with Gasteiger partial charge in [-0.1, -0.05) is 6.07 Å². The molecule has 2 amide bonds. The second kappa shape index (κ2) is 7.77. The van der Waals surface area contributed by atoms with Gasteiger partial charge in [-0.05, 0) is 42.5 Å². The fraction of sp³-hybridized carbons (Fsp3) is 0.167. The number of carbonyl (C=O) groups excluding carboxylic acids is 2. The number of sulfonamides is 1. The molecule has 2 aromatic rings. The van der Waals surface area contributed by atoms with Gasteiger partial charge in [-0.15, -0.1) is 0 Å². The van der Waals surface area contributed by atoms with Crippen molar-refractivity contribution in [2.75, 3.05) is 17.1 Å². The average molecular weight is 404 g/mol. The van der Waals surface area contributed by atoms with Gasteiger partial charge in [-0.3, -0.25) is 14.3 Å². The average Bonchev–Trinajstić information content (AvgIpc) is 2.64. The molecule has 0 aromatic heterocycles. The van der Waals surface area contributed by atoms with Crippen LogP contribution in [0, 0.1) is 5.82 Å². The van der Waals surface area contributed by atoms with Crippen molar-refractivity contribution >= 4 is 38.9 Å². The van der Waals surface area contributed by atoms with Crippen LogP contribution in [0.3, 0.4) is 0 Å². The number of nitrogens with one attached hydrogen (secondary N) is 2. The van der Waals surface area contributed by atoms with Crippen LogP contribution in [0.25, 0.3) is 0 Å².